The van der Waals surface area contributed by atoms with E-state index in [1.165, 1.54) is 12.1 Å². The molecule has 0 saturated heterocycles. The number of amides is 1. The second-order valence-corrected chi connectivity index (χ2v) is 5.47. The molecule has 0 bridgehead atoms. The number of nitrogens with one attached hydrogen (secondary N) is 1. The van der Waals surface area contributed by atoms with Crippen molar-refractivity contribution in [2.24, 2.45) is 0 Å². The van der Waals surface area contributed by atoms with Crippen LogP contribution in [0.15, 0.2) is 42.5 Å². The fraction of sp³-hybridized carbons (Fsp3) is 0.222. The second-order valence-electron chi connectivity index (χ2n) is 5.06. The fourth-order valence-electron chi connectivity index (χ4n) is 1.95. The number of carbonyl (C=O) groups excluding carboxylic acids is 2. The zero-order valence-corrected chi connectivity index (χ0v) is 14.2. The molecule has 0 heterocycles. The Bertz CT molecular complexity index is 728. The fourth-order valence-corrected chi connectivity index (χ4v) is 2.21. The molecule has 2 aromatic rings. The van der Waals surface area contributed by atoms with Crippen LogP contribution in [-0.4, -0.2) is 25.1 Å². The summed E-state index contributed by atoms with van der Waals surface area (Å²) in [6, 6.07) is 12.0. The maximum Gasteiger partial charge on any atom is 0.339 e. The lowest BCUT2D eigenvalue weighted by molar-refractivity contribution is -0.118. The standard InChI is InChI=1S/C18H18ClNO4/c1-3-23-18(22)15-9-6-13(10-16(15)19)20-17(21)11-24-14-7-4-12(2)5-8-14/h4-10H,3,11H2,1-2H3,(H,20,21). The van der Waals surface area contributed by atoms with Gasteiger partial charge in [-0.3, -0.25) is 4.79 Å². The first kappa shape index (κ1) is 17.8. The van der Waals surface area contributed by atoms with Crippen molar-refractivity contribution in [3.05, 3.63) is 58.6 Å². The Hall–Kier alpha value is -2.53. The van der Waals surface area contributed by atoms with Gasteiger partial charge in [-0.15, -0.1) is 0 Å². The van der Waals surface area contributed by atoms with Crippen LogP contribution in [0.4, 0.5) is 5.69 Å². The summed E-state index contributed by atoms with van der Waals surface area (Å²) < 4.78 is 10.3. The number of hydrogen-bond donors (Lipinski definition) is 1. The first-order valence-electron chi connectivity index (χ1n) is 7.45. The number of rotatable bonds is 6. The number of hydrogen-bond acceptors (Lipinski definition) is 4. The maximum absolute atomic E-state index is 11.9. The van der Waals surface area contributed by atoms with Crippen molar-refractivity contribution < 1.29 is 19.1 Å². The molecule has 0 spiro atoms. The quantitative estimate of drug-likeness (QED) is 0.806. The topological polar surface area (TPSA) is 64.6 Å². The van der Waals surface area contributed by atoms with Crippen molar-refractivity contribution in [2.75, 3.05) is 18.5 Å². The van der Waals surface area contributed by atoms with Crippen LogP contribution in [-0.2, 0) is 9.53 Å². The first-order chi connectivity index (χ1) is 11.5. The normalized spacial score (nSPS) is 10.1. The molecule has 126 valence electrons. The molecule has 1 amide bonds. The molecule has 5 nitrogen and oxygen atoms in total. The molecule has 2 rings (SSSR count). The number of ether oxygens (including phenoxy) is 2. The zero-order chi connectivity index (χ0) is 17.5. The third-order valence-electron chi connectivity index (χ3n) is 3.14. The van der Waals surface area contributed by atoms with Crippen LogP contribution in [0, 0.1) is 6.92 Å². The SMILES string of the molecule is CCOC(=O)c1ccc(NC(=O)COc2ccc(C)cc2)cc1Cl. The Kier molecular flexibility index (Phi) is 6.21. The third kappa shape index (κ3) is 4.99. The van der Waals surface area contributed by atoms with E-state index >= 15 is 0 Å². The lowest BCUT2D eigenvalue weighted by Gasteiger charge is -2.09. The molecule has 0 aliphatic carbocycles. The molecule has 0 aliphatic heterocycles. The molecule has 2 aromatic carbocycles. The van der Waals surface area contributed by atoms with Crippen LogP contribution in [0.2, 0.25) is 5.02 Å². The third-order valence-corrected chi connectivity index (χ3v) is 3.45. The van der Waals surface area contributed by atoms with E-state index in [9.17, 15) is 9.59 Å². The summed E-state index contributed by atoms with van der Waals surface area (Å²) in [5, 5.41) is 2.88. The maximum atomic E-state index is 11.9. The van der Waals surface area contributed by atoms with E-state index in [0.717, 1.165) is 5.56 Å². The molecule has 0 saturated carbocycles. The minimum atomic E-state index is -0.497. The van der Waals surface area contributed by atoms with Gasteiger partial charge in [-0.05, 0) is 44.2 Å². The minimum Gasteiger partial charge on any atom is -0.484 e. The average Bonchev–Trinajstić information content (AvgIpc) is 2.54. The van der Waals surface area contributed by atoms with Crippen LogP contribution >= 0.6 is 11.6 Å². The largest absolute Gasteiger partial charge is 0.484 e. The highest BCUT2D eigenvalue weighted by Gasteiger charge is 2.12. The molecule has 1 N–H and O–H groups in total. The molecule has 24 heavy (non-hydrogen) atoms. The van der Waals surface area contributed by atoms with Gasteiger partial charge in [0.05, 0.1) is 17.2 Å². The number of halogens is 1. The van der Waals surface area contributed by atoms with Gasteiger partial charge >= 0.3 is 5.97 Å². The van der Waals surface area contributed by atoms with Crippen LogP contribution in [0.5, 0.6) is 5.75 Å². The number of anilines is 1. The Balaban J connectivity index is 1.93. The Morgan fingerprint density at radius 3 is 2.46 bits per heavy atom. The summed E-state index contributed by atoms with van der Waals surface area (Å²) >= 11 is 6.05. The van der Waals surface area contributed by atoms with Crippen molar-refractivity contribution >= 4 is 29.2 Å². The first-order valence-corrected chi connectivity index (χ1v) is 7.83. The molecule has 0 atom stereocenters. The molecule has 0 fully saturated rings. The monoisotopic (exact) mass is 347 g/mol. The molecule has 0 radical (unpaired) electrons. The predicted molar refractivity (Wildman–Crippen MR) is 92.7 cm³/mol. The molecular weight excluding hydrogens is 330 g/mol. The Morgan fingerprint density at radius 1 is 1.12 bits per heavy atom. The number of esters is 1. The summed E-state index contributed by atoms with van der Waals surface area (Å²) in [6.45, 7) is 3.83. The zero-order valence-electron chi connectivity index (χ0n) is 13.5. The van der Waals surface area contributed by atoms with Gasteiger partial charge in [-0.2, -0.15) is 0 Å². The number of carbonyl (C=O) groups is 2. The summed E-state index contributed by atoms with van der Waals surface area (Å²) in [5.41, 5.74) is 1.85. The van der Waals surface area contributed by atoms with Gasteiger partial charge in [-0.25, -0.2) is 4.79 Å². The van der Waals surface area contributed by atoms with E-state index < -0.39 is 5.97 Å². The highest BCUT2D eigenvalue weighted by Crippen LogP contribution is 2.22. The van der Waals surface area contributed by atoms with Gasteiger partial charge < -0.3 is 14.8 Å². The van der Waals surface area contributed by atoms with Gasteiger partial charge in [-0.1, -0.05) is 29.3 Å². The summed E-state index contributed by atoms with van der Waals surface area (Å²) in [4.78, 5) is 23.6. The average molecular weight is 348 g/mol. The highest BCUT2D eigenvalue weighted by atomic mass is 35.5. The van der Waals surface area contributed by atoms with Crippen molar-refractivity contribution in [3.8, 4) is 5.75 Å². The number of benzene rings is 2. The Labute approximate surface area is 145 Å². The van der Waals surface area contributed by atoms with Crippen molar-refractivity contribution in [3.63, 3.8) is 0 Å². The van der Waals surface area contributed by atoms with Crippen molar-refractivity contribution in [1.29, 1.82) is 0 Å². The molecule has 6 heteroatoms. The van der Waals surface area contributed by atoms with Crippen LogP contribution in [0.1, 0.15) is 22.8 Å². The van der Waals surface area contributed by atoms with E-state index in [0.29, 0.717) is 11.4 Å². The van der Waals surface area contributed by atoms with E-state index in [1.54, 1.807) is 25.1 Å². The van der Waals surface area contributed by atoms with Crippen molar-refractivity contribution in [1.82, 2.24) is 0 Å². The molecular formula is C18H18ClNO4. The Morgan fingerprint density at radius 2 is 1.83 bits per heavy atom. The van der Waals surface area contributed by atoms with Crippen LogP contribution in [0.3, 0.4) is 0 Å². The van der Waals surface area contributed by atoms with E-state index in [2.05, 4.69) is 5.32 Å². The van der Waals surface area contributed by atoms with E-state index in [-0.39, 0.29) is 29.7 Å². The molecule has 0 aromatic heterocycles. The lowest BCUT2D eigenvalue weighted by atomic mass is 10.2. The van der Waals surface area contributed by atoms with Gasteiger partial charge in [0.15, 0.2) is 6.61 Å². The highest BCUT2D eigenvalue weighted by molar-refractivity contribution is 6.34. The second kappa shape index (κ2) is 8.36. The minimum absolute atomic E-state index is 0.125. The molecule has 0 unspecified atom stereocenters. The smallest absolute Gasteiger partial charge is 0.339 e. The van der Waals surface area contributed by atoms with E-state index in [1.807, 2.05) is 19.1 Å². The number of aryl methyl sites for hydroxylation is 1. The summed E-state index contributed by atoms with van der Waals surface area (Å²) in [5.74, 6) is -0.204. The summed E-state index contributed by atoms with van der Waals surface area (Å²) in [6.07, 6.45) is 0. The van der Waals surface area contributed by atoms with E-state index in [4.69, 9.17) is 21.1 Å². The predicted octanol–water partition coefficient (Wildman–Crippen LogP) is 3.84. The molecule has 0 aliphatic rings. The summed E-state index contributed by atoms with van der Waals surface area (Å²) in [7, 11) is 0. The van der Waals surface area contributed by atoms with Crippen LogP contribution in [0.25, 0.3) is 0 Å². The van der Waals surface area contributed by atoms with Crippen molar-refractivity contribution in [2.45, 2.75) is 13.8 Å². The lowest BCUT2D eigenvalue weighted by Crippen LogP contribution is -2.20. The van der Waals surface area contributed by atoms with Gasteiger partial charge in [0.25, 0.3) is 5.91 Å². The van der Waals surface area contributed by atoms with Gasteiger partial charge in [0, 0.05) is 5.69 Å². The van der Waals surface area contributed by atoms with Gasteiger partial charge in [0.2, 0.25) is 0 Å². The van der Waals surface area contributed by atoms with Gasteiger partial charge in [0.1, 0.15) is 5.75 Å². The van der Waals surface area contributed by atoms with Crippen LogP contribution < -0.4 is 10.1 Å².